The first-order valence-corrected chi connectivity index (χ1v) is 11.7. The standard InChI is InChI=1S/C24H19FN4O4S/c25-16-5-2-1-4-14(16)12-34-24-27-22-21(23(31)28-24)19(13-8-10-15(11-9-13)29(32)33)20-17(26-22)6-3-7-18(20)30/h1-2,4-5,8-11,19H,3,6-7,12H2,(H2,26,27,28,31)/t19-/m0/s1. The minimum atomic E-state index is -0.679. The van der Waals surface area contributed by atoms with Crippen molar-refractivity contribution in [2.75, 3.05) is 5.32 Å². The highest BCUT2D eigenvalue weighted by molar-refractivity contribution is 7.98. The molecule has 0 amide bonds. The maximum absolute atomic E-state index is 14.0. The number of thioether (sulfide) groups is 1. The van der Waals surface area contributed by atoms with Gasteiger partial charge >= 0.3 is 0 Å². The maximum Gasteiger partial charge on any atom is 0.269 e. The first-order chi connectivity index (χ1) is 16.4. The molecule has 1 aliphatic carbocycles. The van der Waals surface area contributed by atoms with Crippen molar-refractivity contribution in [1.29, 1.82) is 0 Å². The number of nitrogens with zero attached hydrogens (tertiary/aromatic N) is 2. The van der Waals surface area contributed by atoms with Gasteiger partial charge in [-0.1, -0.05) is 42.1 Å². The number of aromatic nitrogens is 2. The number of allylic oxidation sites excluding steroid dienone is 2. The largest absolute Gasteiger partial charge is 0.343 e. The van der Waals surface area contributed by atoms with E-state index in [1.165, 1.54) is 30.0 Å². The van der Waals surface area contributed by atoms with Gasteiger partial charge in [0.25, 0.3) is 11.2 Å². The van der Waals surface area contributed by atoms with Crippen LogP contribution in [0.1, 0.15) is 41.9 Å². The fraction of sp³-hybridized carbons (Fsp3) is 0.208. The van der Waals surface area contributed by atoms with Crippen LogP contribution in [-0.2, 0) is 10.5 Å². The molecule has 172 valence electrons. The van der Waals surface area contributed by atoms with Crippen LogP contribution >= 0.6 is 11.8 Å². The summed E-state index contributed by atoms with van der Waals surface area (Å²) in [6.07, 6.45) is 1.70. The van der Waals surface area contributed by atoms with E-state index in [2.05, 4.69) is 15.3 Å². The van der Waals surface area contributed by atoms with Crippen molar-refractivity contribution < 1.29 is 14.1 Å². The van der Waals surface area contributed by atoms with Crippen LogP contribution in [0.15, 0.2) is 69.8 Å². The number of aromatic amines is 1. The van der Waals surface area contributed by atoms with Crippen molar-refractivity contribution in [3.05, 3.63) is 103 Å². The number of carbonyl (C=O) groups is 1. The molecule has 0 saturated carbocycles. The molecule has 0 unspecified atom stereocenters. The molecule has 0 saturated heterocycles. The van der Waals surface area contributed by atoms with Crippen molar-refractivity contribution in [2.45, 2.75) is 36.1 Å². The van der Waals surface area contributed by atoms with Crippen molar-refractivity contribution in [2.24, 2.45) is 0 Å². The van der Waals surface area contributed by atoms with Gasteiger partial charge in [-0.15, -0.1) is 0 Å². The van der Waals surface area contributed by atoms with Crippen LogP contribution in [0.3, 0.4) is 0 Å². The number of rotatable bonds is 5. The van der Waals surface area contributed by atoms with E-state index in [9.17, 15) is 24.1 Å². The molecule has 0 radical (unpaired) electrons. The van der Waals surface area contributed by atoms with Crippen molar-refractivity contribution >= 4 is 29.1 Å². The summed E-state index contributed by atoms with van der Waals surface area (Å²) in [5, 5.41) is 14.6. The molecular formula is C24H19FN4O4S. The number of non-ortho nitro benzene ring substituents is 1. The average molecular weight is 479 g/mol. The number of nitro benzene ring substituents is 1. The predicted molar refractivity (Wildman–Crippen MR) is 125 cm³/mol. The number of H-pyrrole nitrogens is 1. The normalized spacial score (nSPS) is 17.1. The summed E-state index contributed by atoms with van der Waals surface area (Å²) in [6, 6.07) is 12.3. The first-order valence-electron chi connectivity index (χ1n) is 10.7. The van der Waals surface area contributed by atoms with Crippen molar-refractivity contribution in [3.63, 3.8) is 0 Å². The second kappa shape index (κ2) is 8.86. The zero-order valence-electron chi connectivity index (χ0n) is 17.8. The molecule has 2 aliphatic rings. The topological polar surface area (TPSA) is 118 Å². The second-order valence-electron chi connectivity index (χ2n) is 8.09. The Hall–Kier alpha value is -3.79. The minimum absolute atomic E-state index is 0.0554. The van der Waals surface area contributed by atoms with Gasteiger partial charge < -0.3 is 10.3 Å². The Kier molecular flexibility index (Phi) is 5.74. The van der Waals surface area contributed by atoms with Gasteiger partial charge in [0, 0.05) is 41.5 Å². The van der Waals surface area contributed by atoms with Crippen LogP contribution in [0.5, 0.6) is 0 Å². The zero-order valence-corrected chi connectivity index (χ0v) is 18.7. The fourth-order valence-electron chi connectivity index (χ4n) is 4.39. The summed E-state index contributed by atoms with van der Waals surface area (Å²) in [5.74, 6) is -0.437. The smallest absolute Gasteiger partial charge is 0.269 e. The number of Topliss-reactive ketones (excluding diaryl/α,β-unsaturated/α-hetero) is 1. The lowest BCUT2D eigenvalue weighted by molar-refractivity contribution is -0.384. The Morgan fingerprint density at radius 3 is 2.62 bits per heavy atom. The maximum atomic E-state index is 14.0. The highest BCUT2D eigenvalue weighted by atomic mass is 32.2. The lowest BCUT2D eigenvalue weighted by Gasteiger charge is -2.32. The number of hydrogen-bond acceptors (Lipinski definition) is 7. The second-order valence-corrected chi connectivity index (χ2v) is 9.05. The van der Waals surface area contributed by atoms with E-state index >= 15 is 0 Å². The Bertz CT molecular complexity index is 1400. The van der Waals surface area contributed by atoms with E-state index in [1.807, 2.05) is 0 Å². The van der Waals surface area contributed by atoms with Gasteiger partial charge in [-0.3, -0.25) is 19.7 Å². The molecule has 8 nitrogen and oxygen atoms in total. The SMILES string of the molecule is O=C1CCCC2=C1[C@H](c1ccc([N+](=O)[O-])cc1)c1c(nc(SCc3ccccc3F)[nH]c1=O)N2. The van der Waals surface area contributed by atoms with Gasteiger partial charge in [-0.05, 0) is 30.0 Å². The summed E-state index contributed by atoms with van der Waals surface area (Å²) >= 11 is 1.20. The number of nitro groups is 1. The quantitative estimate of drug-likeness (QED) is 0.237. The van der Waals surface area contributed by atoms with E-state index in [0.29, 0.717) is 46.9 Å². The van der Waals surface area contributed by atoms with E-state index in [1.54, 1.807) is 30.3 Å². The third-order valence-electron chi connectivity index (χ3n) is 6.00. The molecule has 1 aromatic heterocycles. The molecular weight excluding hydrogens is 459 g/mol. The average Bonchev–Trinajstić information content (AvgIpc) is 2.82. The summed E-state index contributed by atoms with van der Waals surface area (Å²) < 4.78 is 14.0. The molecule has 34 heavy (non-hydrogen) atoms. The molecule has 10 heteroatoms. The summed E-state index contributed by atoms with van der Waals surface area (Å²) in [4.78, 5) is 44.0. The molecule has 2 aromatic carbocycles. The van der Waals surface area contributed by atoms with Crippen LogP contribution in [0.25, 0.3) is 0 Å². The van der Waals surface area contributed by atoms with E-state index < -0.39 is 16.4 Å². The number of hydrogen-bond donors (Lipinski definition) is 2. The third-order valence-corrected chi connectivity index (χ3v) is 6.92. The van der Waals surface area contributed by atoms with Crippen molar-refractivity contribution in [1.82, 2.24) is 9.97 Å². The van der Waals surface area contributed by atoms with Gasteiger partial charge in [0.15, 0.2) is 10.9 Å². The number of ketones is 1. The van der Waals surface area contributed by atoms with Crippen LogP contribution < -0.4 is 10.9 Å². The molecule has 0 bridgehead atoms. The number of halogens is 1. The number of anilines is 1. The molecule has 1 aliphatic heterocycles. The Morgan fingerprint density at radius 2 is 1.88 bits per heavy atom. The lowest BCUT2D eigenvalue weighted by atomic mass is 9.76. The zero-order chi connectivity index (χ0) is 23.8. The molecule has 5 rings (SSSR count). The third kappa shape index (κ3) is 4.01. The molecule has 2 heterocycles. The van der Waals surface area contributed by atoms with Gasteiger partial charge in [0.05, 0.1) is 10.5 Å². The Morgan fingerprint density at radius 1 is 1.12 bits per heavy atom. The fourth-order valence-corrected chi connectivity index (χ4v) is 5.24. The monoisotopic (exact) mass is 478 g/mol. The van der Waals surface area contributed by atoms with E-state index in [-0.39, 0.29) is 28.6 Å². The molecule has 1 atom stereocenters. The molecule has 3 aromatic rings. The summed E-state index contributed by atoms with van der Waals surface area (Å²) in [5.41, 5.74) is 2.12. The lowest BCUT2D eigenvalue weighted by Crippen LogP contribution is -2.32. The van der Waals surface area contributed by atoms with Gasteiger partial charge in [0.1, 0.15) is 11.6 Å². The minimum Gasteiger partial charge on any atom is -0.343 e. The van der Waals surface area contributed by atoms with Crippen LogP contribution in [0.2, 0.25) is 0 Å². The first kappa shape index (κ1) is 22.0. The Labute approximate surface area is 197 Å². The van der Waals surface area contributed by atoms with Crippen LogP contribution in [0.4, 0.5) is 15.9 Å². The number of nitrogens with one attached hydrogen (secondary N) is 2. The Balaban J connectivity index is 1.56. The summed E-state index contributed by atoms with van der Waals surface area (Å²) in [7, 11) is 0. The van der Waals surface area contributed by atoms with E-state index in [0.717, 1.165) is 5.70 Å². The number of fused-ring (bicyclic) bond motifs is 1. The van der Waals surface area contributed by atoms with Crippen LogP contribution in [-0.4, -0.2) is 20.7 Å². The van der Waals surface area contributed by atoms with Crippen molar-refractivity contribution in [3.8, 4) is 0 Å². The molecule has 2 N–H and O–H groups in total. The van der Waals surface area contributed by atoms with Crippen LogP contribution in [0, 0.1) is 15.9 Å². The number of carbonyl (C=O) groups excluding carboxylic acids is 1. The summed E-state index contributed by atoms with van der Waals surface area (Å²) in [6.45, 7) is 0. The van der Waals surface area contributed by atoms with Gasteiger partial charge in [-0.2, -0.15) is 0 Å². The predicted octanol–water partition coefficient (Wildman–Crippen LogP) is 4.67. The van der Waals surface area contributed by atoms with Gasteiger partial charge in [0.2, 0.25) is 0 Å². The molecule has 0 fully saturated rings. The molecule has 0 spiro atoms. The number of benzene rings is 2. The highest BCUT2D eigenvalue weighted by Gasteiger charge is 2.38. The van der Waals surface area contributed by atoms with E-state index in [4.69, 9.17) is 0 Å². The van der Waals surface area contributed by atoms with Gasteiger partial charge in [-0.25, -0.2) is 9.37 Å². The highest BCUT2D eigenvalue weighted by Crippen LogP contribution is 2.43.